The molecule has 0 atom stereocenters. The molecule has 0 bridgehead atoms. The second kappa shape index (κ2) is 4.17. The van der Waals surface area contributed by atoms with Crippen LogP contribution in [0, 0.1) is 11.3 Å². The quantitative estimate of drug-likeness (QED) is 0.691. The van der Waals surface area contributed by atoms with Crippen molar-refractivity contribution >= 4 is 5.70 Å². The van der Waals surface area contributed by atoms with Crippen molar-refractivity contribution in [2.24, 2.45) is 5.73 Å². The highest BCUT2D eigenvalue weighted by atomic mass is 16.5. The van der Waals surface area contributed by atoms with E-state index in [2.05, 4.69) is 0 Å². The van der Waals surface area contributed by atoms with E-state index in [1.807, 2.05) is 24.3 Å². The van der Waals surface area contributed by atoms with Crippen molar-refractivity contribution < 1.29 is 4.74 Å². The first-order valence-electron chi connectivity index (χ1n) is 3.78. The number of ether oxygens (including phenoxy) is 1. The molecule has 2 N–H and O–H groups in total. The number of nitriles is 1. The average Bonchev–Trinajstić information content (AvgIpc) is 2.18. The van der Waals surface area contributed by atoms with Crippen molar-refractivity contribution in [1.82, 2.24) is 0 Å². The van der Waals surface area contributed by atoms with E-state index in [-0.39, 0.29) is 0 Å². The van der Waals surface area contributed by atoms with Crippen LogP contribution in [0.15, 0.2) is 30.3 Å². The number of allylic oxidation sites excluding steroid dienone is 1. The molecule has 0 saturated heterocycles. The molecule has 0 amide bonds. The van der Waals surface area contributed by atoms with Crippen LogP contribution in [-0.2, 0) is 0 Å². The summed E-state index contributed by atoms with van der Waals surface area (Å²) in [5, 5.41) is 8.41. The zero-order valence-electron chi connectivity index (χ0n) is 7.32. The lowest BCUT2D eigenvalue weighted by atomic mass is 10.1. The van der Waals surface area contributed by atoms with Gasteiger partial charge in [0.15, 0.2) is 0 Å². The van der Waals surface area contributed by atoms with Gasteiger partial charge in [-0.25, -0.2) is 0 Å². The van der Waals surface area contributed by atoms with Crippen molar-refractivity contribution in [2.45, 2.75) is 0 Å². The van der Waals surface area contributed by atoms with Gasteiger partial charge in [-0.1, -0.05) is 12.1 Å². The lowest BCUT2D eigenvalue weighted by molar-refractivity contribution is 0.413. The number of methoxy groups -OCH3 is 1. The summed E-state index contributed by atoms with van der Waals surface area (Å²) in [5.41, 5.74) is 6.80. The van der Waals surface area contributed by atoms with E-state index in [1.54, 1.807) is 13.2 Å². The SMILES string of the molecule is COc1ccccc1C(N)=CC#N. The summed E-state index contributed by atoms with van der Waals surface area (Å²) in [4.78, 5) is 0. The molecule has 66 valence electrons. The zero-order chi connectivity index (χ0) is 9.68. The van der Waals surface area contributed by atoms with Gasteiger partial charge in [-0.15, -0.1) is 0 Å². The number of hydrogen-bond donors (Lipinski definition) is 1. The Hall–Kier alpha value is -1.95. The molecule has 0 unspecified atom stereocenters. The molecular formula is C10H10N2O. The predicted octanol–water partition coefficient (Wildman–Crippen LogP) is 1.52. The Balaban J connectivity index is 3.15. The fraction of sp³-hybridized carbons (Fsp3) is 0.100. The van der Waals surface area contributed by atoms with Crippen LogP contribution in [-0.4, -0.2) is 7.11 Å². The molecule has 1 aromatic carbocycles. The highest BCUT2D eigenvalue weighted by molar-refractivity contribution is 5.69. The number of benzene rings is 1. The van der Waals surface area contributed by atoms with Gasteiger partial charge in [0.1, 0.15) is 5.75 Å². The normalized spacial score (nSPS) is 10.6. The highest BCUT2D eigenvalue weighted by Crippen LogP contribution is 2.21. The first kappa shape index (κ1) is 9.14. The van der Waals surface area contributed by atoms with Gasteiger partial charge < -0.3 is 10.5 Å². The maximum absolute atomic E-state index is 8.41. The lowest BCUT2D eigenvalue weighted by Crippen LogP contribution is -1.98. The van der Waals surface area contributed by atoms with Gasteiger partial charge >= 0.3 is 0 Å². The van der Waals surface area contributed by atoms with Crippen LogP contribution in [0.3, 0.4) is 0 Å². The summed E-state index contributed by atoms with van der Waals surface area (Å²) in [5.74, 6) is 0.673. The second-order valence-electron chi connectivity index (χ2n) is 2.43. The van der Waals surface area contributed by atoms with Crippen LogP contribution in [0.2, 0.25) is 0 Å². The second-order valence-corrected chi connectivity index (χ2v) is 2.43. The molecule has 0 spiro atoms. The third-order valence-corrected chi connectivity index (χ3v) is 1.64. The molecule has 0 fully saturated rings. The van der Waals surface area contributed by atoms with Crippen molar-refractivity contribution in [2.75, 3.05) is 7.11 Å². The van der Waals surface area contributed by atoms with Gasteiger partial charge in [0.25, 0.3) is 0 Å². The number of nitrogens with zero attached hydrogens (tertiary/aromatic N) is 1. The van der Waals surface area contributed by atoms with Gasteiger partial charge in [0.2, 0.25) is 0 Å². The summed E-state index contributed by atoms with van der Waals surface area (Å²) in [6, 6.07) is 9.17. The first-order valence-corrected chi connectivity index (χ1v) is 3.78. The summed E-state index contributed by atoms with van der Waals surface area (Å²) in [7, 11) is 1.57. The molecule has 13 heavy (non-hydrogen) atoms. The van der Waals surface area contributed by atoms with Crippen molar-refractivity contribution in [3.05, 3.63) is 35.9 Å². The number of rotatable bonds is 2. The van der Waals surface area contributed by atoms with E-state index in [0.29, 0.717) is 11.4 Å². The van der Waals surface area contributed by atoms with Crippen molar-refractivity contribution in [3.63, 3.8) is 0 Å². The van der Waals surface area contributed by atoms with Gasteiger partial charge in [-0.05, 0) is 12.1 Å². The Morgan fingerprint density at radius 3 is 2.85 bits per heavy atom. The minimum atomic E-state index is 0.417. The third kappa shape index (κ3) is 2.00. The Kier molecular flexibility index (Phi) is 2.93. The maximum atomic E-state index is 8.41. The molecule has 0 saturated carbocycles. The average molecular weight is 174 g/mol. The van der Waals surface area contributed by atoms with Gasteiger partial charge in [-0.3, -0.25) is 0 Å². The summed E-state index contributed by atoms with van der Waals surface area (Å²) in [6.45, 7) is 0. The third-order valence-electron chi connectivity index (χ3n) is 1.64. The molecule has 0 aliphatic heterocycles. The minimum absolute atomic E-state index is 0.417. The fourth-order valence-electron chi connectivity index (χ4n) is 1.03. The Bertz CT molecular complexity index is 363. The van der Waals surface area contributed by atoms with Crippen LogP contribution in [0.4, 0.5) is 0 Å². The minimum Gasteiger partial charge on any atom is -0.496 e. The fourth-order valence-corrected chi connectivity index (χ4v) is 1.03. The molecule has 1 aromatic rings. The molecule has 0 aliphatic rings. The summed E-state index contributed by atoms with van der Waals surface area (Å²) >= 11 is 0. The van der Waals surface area contributed by atoms with Crippen LogP contribution in [0.25, 0.3) is 5.70 Å². The standard InChI is InChI=1S/C10H10N2O/c1-13-10-5-3-2-4-8(10)9(12)6-7-11/h2-6H,12H2,1H3. The van der Waals surface area contributed by atoms with E-state index in [4.69, 9.17) is 15.7 Å². The molecule has 0 aromatic heterocycles. The van der Waals surface area contributed by atoms with Crippen LogP contribution < -0.4 is 10.5 Å². The Morgan fingerprint density at radius 2 is 2.23 bits per heavy atom. The Labute approximate surface area is 77.0 Å². The summed E-state index contributed by atoms with van der Waals surface area (Å²) < 4.78 is 5.08. The molecule has 1 rings (SSSR count). The largest absolute Gasteiger partial charge is 0.496 e. The van der Waals surface area contributed by atoms with E-state index in [9.17, 15) is 0 Å². The van der Waals surface area contributed by atoms with Gasteiger partial charge in [-0.2, -0.15) is 5.26 Å². The van der Waals surface area contributed by atoms with Crippen molar-refractivity contribution in [1.29, 1.82) is 5.26 Å². The Morgan fingerprint density at radius 1 is 1.54 bits per heavy atom. The van der Waals surface area contributed by atoms with E-state index in [1.165, 1.54) is 6.08 Å². The maximum Gasteiger partial charge on any atom is 0.128 e. The van der Waals surface area contributed by atoms with E-state index < -0.39 is 0 Å². The molecule has 0 heterocycles. The molecule has 3 nitrogen and oxygen atoms in total. The van der Waals surface area contributed by atoms with Crippen LogP contribution in [0.1, 0.15) is 5.56 Å². The van der Waals surface area contributed by atoms with Gasteiger partial charge in [0.05, 0.1) is 18.9 Å². The highest BCUT2D eigenvalue weighted by Gasteiger charge is 2.02. The van der Waals surface area contributed by atoms with Crippen molar-refractivity contribution in [3.8, 4) is 11.8 Å². The van der Waals surface area contributed by atoms with Crippen LogP contribution >= 0.6 is 0 Å². The molecule has 0 aliphatic carbocycles. The molecule has 0 radical (unpaired) electrons. The van der Waals surface area contributed by atoms with Gasteiger partial charge in [0, 0.05) is 11.6 Å². The topological polar surface area (TPSA) is 59.0 Å². The number of nitrogens with two attached hydrogens (primary N) is 1. The molecular weight excluding hydrogens is 164 g/mol. The van der Waals surface area contributed by atoms with E-state index >= 15 is 0 Å². The van der Waals surface area contributed by atoms with Crippen LogP contribution in [0.5, 0.6) is 5.75 Å². The van der Waals surface area contributed by atoms with E-state index in [0.717, 1.165) is 5.56 Å². The zero-order valence-corrected chi connectivity index (χ0v) is 7.32. The first-order chi connectivity index (χ1) is 6.29. The lowest BCUT2D eigenvalue weighted by Gasteiger charge is -2.06. The predicted molar refractivity (Wildman–Crippen MR) is 50.8 cm³/mol. The summed E-state index contributed by atoms with van der Waals surface area (Å²) in [6.07, 6.45) is 1.29. The number of para-hydroxylation sites is 1. The number of hydrogen-bond acceptors (Lipinski definition) is 3. The smallest absolute Gasteiger partial charge is 0.128 e. The molecule has 3 heteroatoms. The monoisotopic (exact) mass is 174 g/mol.